The number of rotatable bonds is 6. The van der Waals surface area contributed by atoms with Gasteiger partial charge in [0, 0.05) is 6.07 Å². The van der Waals surface area contributed by atoms with Crippen LogP contribution >= 0.6 is 0 Å². The molecule has 0 aliphatic heterocycles. The Morgan fingerprint density at radius 1 is 1.30 bits per heavy atom. The second kappa shape index (κ2) is 6.88. The normalized spacial score (nSPS) is 10.3. The summed E-state index contributed by atoms with van der Waals surface area (Å²) < 4.78 is 28.6. The monoisotopic (exact) mass is 284 g/mol. The first-order chi connectivity index (χ1) is 9.40. The fraction of sp³-hybridized carbons (Fsp3) is 0.429. The van der Waals surface area contributed by atoms with Crippen LogP contribution < -0.4 is 9.47 Å². The van der Waals surface area contributed by atoms with E-state index in [2.05, 4.69) is 4.74 Å². The van der Waals surface area contributed by atoms with Crippen LogP contribution in [-0.2, 0) is 9.53 Å². The lowest BCUT2D eigenvalue weighted by atomic mass is 10.1. The molecule has 110 valence electrons. The van der Waals surface area contributed by atoms with Crippen molar-refractivity contribution in [1.82, 2.24) is 0 Å². The van der Waals surface area contributed by atoms with Gasteiger partial charge in [-0.25, -0.2) is 9.18 Å². The zero-order chi connectivity index (χ0) is 15.3. The fourth-order valence-corrected chi connectivity index (χ4v) is 1.55. The first kappa shape index (κ1) is 15.9. The van der Waals surface area contributed by atoms with Crippen LogP contribution in [0.3, 0.4) is 0 Å². The summed E-state index contributed by atoms with van der Waals surface area (Å²) in [6, 6.07) is 2.01. The molecular weight excluding hydrogens is 267 g/mol. The number of halogens is 1. The third-order valence-electron chi connectivity index (χ3n) is 2.30. The Morgan fingerprint density at radius 3 is 2.45 bits per heavy atom. The third kappa shape index (κ3) is 3.69. The van der Waals surface area contributed by atoms with Gasteiger partial charge < -0.3 is 14.2 Å². The number of carbonyl (C=O) groups is 2. The summed E-state index contributed by atoms with van der Waals surface area (Å²) >= 11 is 0. The minimum absolute atomic E-state index is 0.0296. The van der Waals surface area contributed by atoms with Gasteiger partial charge in [0.2, 0.25) is 0 Å². The molecular formula is C14H17FO5. The molecule has 1 aromatic rings. The van der Waals surface area contributed by atoms with E-state index < -0.39 is 17.6 Å². The van der Waals surface area contributed by atoms with Crippen LogP contribution in [0.15, 0.2) is 12.1 Å². The first-order valence-corrected chi connectivity index (χ1v) is 6.16. The van der Waals surface area contributed by atoms with Crippen LogP contribution in [0.25, 0.3) is 0 Å². The van der Waals surface area contributed by atoms with E-state index in [0.717, 1.165) is 12.1 Å². The van der Waals surface area contributed by atoms with E-state index in [0.29, 0.717) is 0 Å². The van der Waals surface area contributed by atoms with E-state index in [1.54, 1.807) is 20.8 Å². The van der Waals surface area contributed by atoms with E-state index in [9.17, 15) is 14.0 Å². The standard InChI is InChI=1S/C14H17FO5/c1-5-19-14(17)12(16)10-6-9(15)7-11(18-4)13(10)20-8(2)3/h6-8H,5H2,1-4H3. The molecule has 6 heteroatoms. The predicted octanol–water partition coefficient (Wildman–Crippen LogP) is 2.37. The highest BCUT2D eigenvalue weighted by Crippen LogP contribution is 2.33. The highest BCUT2D eigenvalue weighted by atomic mass is 19.1. The van der Waals surface area contributed by atoms with Crippen molar-refractivity contribution in [3.63, 3.8) is 0 Å². The Kier molecular flexibility index (Phi) is 5.49. The molecule has 0 aliphatic rings. The molecule has 20 heavy (non-hydrogen) atoms. The summed E-state index contributed by atoms with van der Waals surface area (Å²) in [4.78, 5) is 23.5. The number of benzene rings is 1. The topological polar surface area (TPSA) is 61.8 Å². The van der Waals surface area contributed by atoms with Crippen molar-refractivity contribution in [2.24, 2.45) is 0 Å². The minimum atomic E-state index is -1.06. The summed E-state index contributed by atoms with van der Waals surface area (Å²) in [5.41, 5.74) is -0.214. The Balaban J connectivity index is 3.31. The van der Waals surface area contributed by atoms with Gasteiger partial charge in [-0.05, 0) is 26.8 Å². The number of ether oxygens (including phenoxy) is 3. The Labute approximate surface area is 116 Å². The lowest BCUT2D eigenvalue weighted by Crippen LogP contribution is -2.20. The molecule has 0 saturated heterocycles. The molecule has 0 atom stereocenters. The Hall–Kier alpha value is -2.11. The van der Waals surface area contributed by atoms with E-state index in [1.165, 1.54) is 7.11 Å². The molecule has 0 fully saturated rings. The van der Waals surface area contributed by atoms with Crippen molar-refractivity contribution in [3.8, 4) is 11.5 Å². The summed E-state index contributed by atoms with van der Waals surface area (Å²) in [6.45, 7) is 5.10. The van der Waals surface area contributed by atoms with Gasteiger partial charge >= 0.3 is 5.97 Å². The highest BCUT2D eigenvalue weighted by molar-refractivity contribution is 6.41. The zero-order valence-corrected chi connectivity index (χ0v) is 11.9. The smallest absolute Gasteiger partial charge is 0.379 e. The number of esters is 1. The summed E-state index contributed by atoms with van der Waals surface area (Å²) in [6.07, 6.45) is -0.275. The highest BCUT2D eigenvalue weighted by Gasteiger charge is 2.26. The van der Waals surface area contributed by atoms with Crippen molar-refractivity contribution in [2.75, 3.05) is 13.7 Å². The molecule has 0 saturated carbocycles. The Bertz CT molecular complexity index is 511. The fourth-order valence-electron chi connectivity index (χ4n) is 1.55. The van der Waals surface area contributed by atoms with Crippen molar-refractivity contribution < 1.29 is 28.2 Å². The molecule has 0 radical (unpaired) electrons. The van der Waals surface area contributed by atoms with E-state index in [-0.39, 0.29) is 29.8 Å². The predicted molar refractivity (Wildman–Crippen MR) is 69.7 cm³/mol. The maximum Gasteiger partial charge on any atom is 0.379 e. The summed E-state index contributed by atoms with van der Waals surface area (Å²) in [5.74, 6) is -2.66. The average molecular weight is 284 g/mol. The van der Waals surface area contributed by atoms with Gasteiger partial charge in [-0.3, -0.25) is 4.79 Å². The second-order valence-electron chi connectivity index (χ2n) is 4.20. The van der Waals surface area contributed by atoms with Crippen LogP contribution in [0, 0.1) is 5.82 Å². The third-order valence-corrected chi connectivity index (χ3v) is 2.30. The van der Waals surface area contributed by atoms with E-state index in [1.807, 2.05) is 0 Å². The molecule has 0 aliphatic carbocycles. The quantitative estimate of drug-likeness (QED) is 0.456. The van der Waals surface area contributed by atoms with Crippen LogP contribution in [0.5, 0.6) is 11.5 Å². The molecule has 0 bridgehead atoms. The van der Waals surface area contributed by atoms with Gasteiger partial charge in [0.15, 0.2) is 11.5 Å². The molecule has 0 aromatic heterocycles. The number of carbonyl (C=O) groups excluding carboxylic acids is 2. The molecule has 0 N–H and O–H groups in total. The van der Waals surface area contributed by atoms with Gasteiger partial charge in [0.25, 0.3) is 5.78 Å². The lowest BCUT2D eigenvalue weighted by Gasteiger charge is -2.16. The minimum Gasteiger partial charge on any atom is -0.493 e. The summed E-state index contributed by atoms with van der Waals surface area (Å²) in [7, 11) is 1.32. The first-order valence-electron chi connectivity index (χ1n) is 6.16. The van der Waals surface area contributed by atoms with Crippen molar-refractivity contribution in [1.29, 1.82) is 0 Å². The molecule has 1 rings (SSSR count). The van der Waals surface area contributed by atoms with Gasteiger partial charge in [0.05, 0.1) is 25.4 Å². The zero-order valence-electron chi connectivity index (χ0n) is 11.9. The molecule has 0 heterocycles. The molecule has 5 nitrogen and oxygen atoms in total. The van der Waals surface area contributed by atoms with Crippen molar-refractivity contribution in [2.45, 2.75) is 26.9 Å². The van der Waals surface area contributed by atoms with Crippen molar-refractivity contribution in [3.05, 3.63) is 23.5 Å². The maximum absolute atomic E-state index is 13.5. The number of hydrogen-bond acceptors (Lipinski definition) is 5. The van der Waals surface area contributed by atoms with Crippen LogP contribution in [-0.4, -0.2) is 31.6 Å². The average Bonchev–Trinajstić information content (AvgIpc) is 2.39. The Morgan fingerprint density at radius 2 is 1.95 bits per heavy atom. The molecule has 0 unspecified atom stereocenters. The van der Waals surface area contributed by atoms with Gasteiger partial charge in [-0.2, -0.15) is 0 Å². The van der Waals surface area contributed by atoms with Crippen LogP contribution in [0.1, 0.15) is 31.1 Å². The van der Waals surface area contributed by atoms with Gasteiger partial charge in [0.1, 0.15) is 5.82 Å². The van der Waals surface area contributed by atoms with E-state index in [4.69, 9.17) is 9.47 Å². The van der Waals surface area contributed by atoms with E-state index >= 15 is 0 Å². The molecule has 0 amide bonds. The second-order valence-corrected chi connectivity index (χ2v) is 4.20. The maximum atomic E-state index is 13.5. The number of ketones is 1. The summed E-state index contributed by atoms with van der Waals surface area (Å²) in [5, 5.41) is 0. The SMILES string of the molecule is CCOC(=O)C(=O)c1cc(F)cc(OC)c1OC(C)C. The van der Waals surface area contributed by atoms with Crippen molar-refractivity contribution >= 4 is 11.8 Å². The van der Waals surface area contributed by atoms with Crippen LogP contribution in [0.4, 0.5) is 4.39 Å². The van der Waals surface area contributed by atoms with Gasteiger partial charge in [-0.15, -0.1) is 0 Å². The molecule has 0 spiro atoms. The van der Waals surface area contributed by atoms with Gasteiger partial charge in [-0.1, -0.05) is 0 Å². The molecule has 1 aromatic carbocycles. The van der Waals surface area contributed by atoms with Crippen LogP contribution in [0.2, 0.25) is 0 Å². The lowest BCUT2D eigenvalue weighted by molar-refractivity contribution is -0.137. The number of Topliss-reactive ketones (excluding diaryl/α,β-unsaturated/α-hetero) is 1. The number of methoxy groups -OCH3 is 1. The largest absolute Gasteiger partial charge is 0.493 e. The number of hydrogen-bond donors (Lipinski definition) is 0.